The first-order chi connectivity index (χ1) is 10.1. The highest BCUT2D eigenvalue weighted by atomic mass is 35.5. The van der Waals surface area contributed by atoms with Crippen molar-refractivity contribution in [2.24, 2.45) is 0 Å². The maximum atomic E-state index is 14.1. The number of amides is 1. The second kappa shape index (κ2) is 6.92. The van der Waals surface area contributed by atoms with Crippen LogP contribution >= 0.6 is 23.2 Å². The summed E-state index contributed by atoms with van der Waals surface area (Å²) >= 11 is 11.7. The summed E-state index contributed by atoms with van der Waals surface area (Å²) in [5.74, 6) is -1.27. The van der Waals surface area contributed by atoms with Crippen LogP contribution in [0.1, 0.15) is 12.5 Å². The zero-order chi connectivity index (χ0) is 15.4. The molecule has 0 unspecified atom stereocenters. The smallest absolute Gasteiger partial charge is 0.246 e. The van der Waals surface area contributed by atoms with E-state index < -0.39 is 11.7 Å². The molecule has 0 fully saturated rings. The number of halogens is 3. The third kappa shape index (κ3) is 3.36. The lowest BCUT2D eigenvalue weighted by Crippen LogP contribution is -2.28. The predicted molar refractivity (Wildman–Crippen MR) is 85.1 cm³/mol. The normalized spacial score (nSPS) is 10.5. The maximum Gasteiger partial charge on any atom is 0.246 e. The van der Waals surface area contributed by atoms with Gasteiger partial charge in [0.15, 0.2) is 0 Å². The standard InChI is InChI=1S/C16H14Cl2FNO/c1-2-11-6-8-12(9-7-11)20(15(21)10-17)16-13(18)4-3-5-14(16)19/h3-9H,2,10H2,1H3. The van der Waals surface area contributed by atoms with Gasteiger partial charge in [0.2, 0.25) is 5.91 Å². The molecule has 0 atom stereocenters. The molecule has 0 bridgehead atoms. The average Bonchev–Trinajstić information content (AvgIpc) is 2.50. The minimum absolute atomic E-state index is 0.0223. The van der Waals surface area contributed by atoms with Crippen LogP contribution in [0.2, 0.25) is 5.02 Å². The molecule has 0 aliphatic heterocycles. The Morgan fingerprint density at radius 3 is 2.38 bits per heavy atom. The van der Waals surface area contributed by atoms with E-state index in [0.29, 0.717) is 5.69 Å². The summed E-state index contributed by atoms with van der Waals surface area (Å²) in [5.41, 5.74) is 1.68. The Bertz CT molecular complexity index is 623. The molecule has 1 amide bonds. The average molecular weight is 326 g/mol. The van der Waals surface area contributed by atoms with E-state index in [1.165, 1.54) is 23.1 Å². The fourth-order valence-electron chi connectivity index (χ4n) is 2.04. The second-order valence-corrected chi connectivity index (χ2v) is 5.13. The Hall–Kier alpha value is -1.58. The quantitative estimate of drug-likeness (QED) is 0.728. The number of aryl methyl sites for hydroxylation is 1. The summed E-state index contributed by atoms with van der Waals surface area (Å²) in [6.07, 6.45) is 0.879. The van der Waals surface area contributed by atoms with Gasteiger partial charge in [0, 0.05) is 5.69 Å². The minimum Gasteiger partial charge on any atom is -0.276 e. The fourth-order valence-corrected chi connectivity index (χ4v) is 2.41. The number of alkyl halides is 1. The minimum atomic E-state index is -0.569. The van der Waals surface area contributed by atoms with Crippen molar-refractivity contribution in [3.8, 4) is 0 Å². The highest BCUT2D eigenvalue weighted by molar-refractivity contribution is 6.35. The van der Waals surface area contributed by atoms with E-state index in [4.69, 9.17) is 23.2 Å². The van der Waals surface area contributed by atoms with E-state index in [1.54, 1.807) is 12.1 Å². The monoisotopic (exact) mass is 325 g/mol. The Kier molecular flexibility index (Phi) is 5.21. The van der Waals surface area contributed by atoms with Crippen molar-refractivity contribution in [3.05, 3.63) is 58.9 Å². The van der Waals surface area contributed by atoms with Crippen LogP contribution in [-0.2, 0) is 11.2 Å². The molecule has 2 nitrogen and oxygen atoms in total. The molecular formula is C16H14Cl2FNO. The van der Waals surface area contributed by atoms with Gasteiger partial charge in [-0.15, -0.1) is 11.6 Å². The third-order valence-corrected chi connectivity index (χ3v) is 3.66. The van der Waals surface area contributed by atoms with E-state index in [9.17, 15) is 9.18 Å². The van der Waals surface area contributed by atoms with E-state index in [2.05, 4.69) is 0 Å². The molecule has 0 aromatic heterocycles. The lowest BCUT2D eigenvalue weighted by molar-refractivity contribution is -0.115. The first kappa shape index (κ1) is 15.8. The van der Waals surface area contributed by atoms with Crippen molar-refractivity contribution in [3.63, 3.8) is 0 Å². The number of para-hydroxylation sites is 1. The van der Waals surface area contributed by atoms with Gasteiger partial charge in [-0.05, 0) is 36.2 Å². The molecule has 110 valence electrons. The second-order valence-electron chi connectivity index (χ2n) is 4.45. The molecule has 2 aromatic carbocycles. The number of carbonyl (C=O) groups is 1. The number of nitrogens with zero attached hydrogens (tertiary/aromatic N) is 1. The van der Waals surface area contributed by atoms with Gasteiger partial charge in [-0.2, -0.15) is 0 Å². The van der Waals surface area contributed by atoms with Gasteiger partial charge in [0.25, 0.3) is 0 Å². The van der Waals surface area contributed by atoms with Crippen LogP contribution in [0.25, 0.3) is 0 Å². The molecule has 0 spiro atoms. The number of benzene rings is 2. The van der Waals surface area contributed by atoms with Crippen molar-refractivity contribution < 1.29 is 9.18 Å². The van der Waals surface area contributed by atoms with Crippen LogP contribution in [-0.4, -0.2) is 11.8 Å². The molecule has 0 saturated heterocycles. The summed E-state index contributed by atoms with van der Waals surface area (Å²) in [5, 5.41) is 0.160. The molecular weight excluding hydrogens is 312 g/mol. The topological polar surface area (TPSA) is 20.3 Å². The van der Waals surface area contributed by atoms with Crippen LogP contribution < -0.4 is 4.90 Å². The van der Waals surface area contributed by atoms with Crippen LogP contribution in [0, 0.1) is 5.82 Å². The summed E-state index contributed by atoms with van der Waals surface area (Å²) in [7, 11) is 0. The molecule has 0 radical (unpaired) electrons. The Morgan fingerprint density at radius 2 is 1.86 bits per heavy atom. The maximum absolute atomic E-state index is 14.1. The number of anilines is 2. The van der Waals surface area contributed by atoms with Crippen LogP contribution in [0.15, 0.2) is 42.5 Å². The summed E-state index contributed by atoms with van der Waals surface area (Å²) in [4.78, 5) is 13.4. The number of rotatable bonds is 4. The zero-order valence-corrected chi connectivity index (χ0v) is 13.0. The van der Waals surface area contributed by atoms with Crippen molar-refractivity contribution in [2.75, 3.05) is 10.8 Å². The molecule has 5 heteroatoms. The van der Waals surface area contributed by atoms with E-state index in [-0.39, 0.29) is 16.6 Å². The van der Waals surface area contributed by atoms with Crippen LogP contribution in [0.4, 0.5) is 15.8 Å². The van der Waals surface area contributed by atoms with Crippen molar-refractivity contribution in [2.45, 2.75) is 13.3 Å². The molecule has 2 aromatic rings. The molecule has 21 heavy (non-hydrogen) atoms. The molecule has 0 aliphatic rings. The SMILES string of the molecule is CCc1ccc(N(C(=O)CCl)c2c(F)cccc2Cl)cc1. The van der Waals surface area contributed by atoms with Gasteiger partial charge in [-0.3, -0.25) is 9.69 Å². The Labute approximate surface area is 133 Å². The van der Waals surface area contributed by atoms with Crippen LogP contribution in [0.5, 0.6) is 0 Å². The molecule has 0 aliphatic carbocycles. The Morgan fingerprint density at radius 1 is 1.19 bits per heavy atom. The molecule has 2 rings (SSSR count). The van der Waals surface area contributed by atoms with Gasteiger partial charge >= 0.3 is 0 Å². The van der Waals surface area contributed by atoms with Gasteiger partial charge < -0.3 is 0 Å². The van der Waals surface area contributed by atoms with Gasteiger partial charge in [0.1, 0.15) is 17.4 Å². The Balaban J connectivity index is 2.55. The lowest BCUT2D eigenvalue weighted by Gasteiger charge is -2.24. The fraction of sp³-hybridized carbons (Fsp3) is 0.188. The van der Waals surface area contributed by atoms with Gasteiger partial charge in [-0.25, -0.2) is 4.39 Å². The largest absolute Gasteiger partial charge is 0.276 e. The number of hydrogen-bond donors (Lipinski definition) is 0. The van der Waals surface area contributed by atoms with Crippen LogP contribution in [0.3, 0.4) is 0 Å². The predicted octanol–water partition coefficient (Wildman–Crippen LogP) is 4.95. The van der Waals surface area contributed by atoms with E-state index in [0.717, 1.165) is 12.0 Å². The van der Waals surface area contributed by atoms with Crippen molar-refractivity contribution in [1.82, 2.24) is 0 Å². The number of carbonyl (C=O) groups excluding carboxylic acids is 1. The highest BCUT2D eigenvalue weighted by Gasteiger charge is 2.22. The summed E-state index contributed by atoms with van der Waals surface area (Å²) in [6.45, 7) is 2.03. The van der Waals surface area contributed by atoms with Crippen molar-refractivity contribution in [1.29, 1.82) is 0 Å². The molecule has 0 N–H and O–H groups in total. The van der Waals surface area contributed by atoms with Gasteiger partial charge in [0.05, 0.1) is 5.02 Å². The first-order valence-corrected chi connectivity index (χ1v) is 7.41. The molecule has 0 heterocycles. The summed E-state index contributed by atoms with van der Waals surface area (Å²) in [6, 6.07) is 11.6. The van der Waals surface area contributed by atoms with Gasteiger partial charge in [-0.1, -0.05) is 36.7 Å². The van der Waals surface area contributed by atoms with Crippen molar-refractivity contribution >= 4 is 40.5 Å². The highest BCUT2D eigenvalue weighted by Crippen LogP contribution is 2.34. The van der Waals surface area contributed by atoms with E-state index >= 15 is 0 Å². The lowest BCUT2D eigenvalue weighted by atomic mass is 10.1. The first-order valence-electron chi connectivity index (χ1n) is 6.50. The third-order valence-electron chi connectivity index (χ3n) is 3.13. The molecule has 0 saturated carbocycles. The van der Waals surface area contributed by atoms with E-state index in [1.807, 2.05) is 19.1 Å². The summed E-state index contributed by atoms with van der Waals surface area (Å²) < 4.78 is 14.1. The number of hydrogen-bond acceptors (Lipinski definition) is 1. The zero-order valence-electron chi connectivity index (χ0n) is 11.4.